The van der Waals surface area contributed by atoms with Gasteiger partial charge >= 0.3 is 0 Å². The van der Waals surface area contributed by atoms with E-state index in [-0.39, 0.29) is 10.8 Å². The van der Waals surface area contributed by atoms with Gasteiger partial charge in [-0.25, -0.2) is 8.42 Å². The van der Waals surface area contributed by atoms with Gasteiger partial charge in [-0.1, -0.05) is 35.8 Å². The molecule has 1 heterocycles. The van der Waals surface area contributed by atoms with E-state index in [2.05, 4.69) is 15.9 Å². The van der Waals surface area contributed by atoms with E-state index in [0.29, 0.717) is 18.7 Å². The Kier molecular flexibility index (Phi) is 4.62. The van der Waals surface area contributed by atoms with Crippen LogP contribution in [-0.2, 0) is 16.4 Å². The van der Waals surface area contributed by atoms with Crippen LogP contribution in [0.4, 0.5) is 5.69 Å². The highest BCUT2D eigenvalue weighted by atomic mass is 79.9. The number of hydrogen-bond donors (Lipinski definition) is 0. The topological polar surface area (TPSA) is 46.6 Å². The van der Waals surface area contributed by atoms with Gasteiger partial charge in [0.05, 0.1) is 12.8 Å². The maximum absolute atomic E-state index is 13.3. The summed E-state index contributed by atoms with van der Waals surface area (Å²) in [6.45, 7) is 4.53. The van der Waals surface area contributed by atoms with Gasteiger partial charge in [0.2, 0.25) is 0 Å². The van der Waals surface area contributed by atoms with Crippen LogP contribution in [0, 0.1) is 0 Å². The van der Waals surface area contributed by atoms with E-state index >= 15 is 0 Å². The number of benzene rings is 2. The number of hydrogen-bond acceptors (Lipinski definition) is 3. The van der Waals surface area contributed by atoms with E-state index < -0.39 is 10.0 Å². The predicted octanol–water partition coefficient (Wildman–Crippen LogP) is 4.33. The summed E-state index contributed by atoms with van der Waals surface area (Å²) in [4.78, 5) is 0.229. The van der Waals surface area contributed by atoms with E-state index in [1.54, 1.807) is 12.1 Å². The summed E-state index contributed by atoms with van der Waals surface area (Å²) < 4.78 is 34.3. The average molecular weight is 410 g/mol. The van der Waals surface area contributed by atoms with E-state index in [1.807, 2.05) is 38.1 Å². The number of nitrogens with zero attached hydrogens (tertiary/aromatic N) is 1. The molecule has 2 aromatic carbocycles. The smallest absolute Gasteiger partial charge is 0.268 e. The zero-order chi connectivity index (χ0) is 17.5. The van der Waals surface area contributed by atoms with Gasteiger partial charge in [-0.2, -0.15) is 0 Å². The predicted molar refractivity (Wildman–Crippen MR) is 99.5 cm³/mol. The van der Waals surface area contributed by atoms with Crippen LogP contribution in [0.5, 0.6) is 5.75 Å². The summed E-state index contributed by atoms with van der Waals surface area (Å²) in [5.41, 5.74) is 2.76. The molecule has 0 saturated heterocycles. The lowest BCUT2D eigenvalue weighted by atomic mass is 10.0. The van der Waals surface area contributed by atoms with Gasteiger partial charge in [-0.15, -0.1) is 0 Å². The molecule has 0 aliphatic carbocycles. The van der Waals surface area contributed by atoms with Crippen LogP contribution in [0.15, 0.2) is 45.8 Å². The molecule has 0 amide bonds. The molecule has 6 heteroatoms. The van der Waals surface area contributed by atoms with E-state index in [1.165, 1.54) is 11.4 Å². The maximum atomic E-state index is 13.3. The maximum Gasteiger partial charge on any atom is 0.268 e. The number of anilines is 1. The van der Waals surface area contributed by atoms with Crippen molar-refractivity contribution in [3.63, 3.8) is 0 Å². The van der Waals surface area contributed by atoms with E-state index in [4.69, 9.17) is 4.74 Å². The lowest BCUT2D eigenvalue weighted by Crippen LogP contribution is -2.29. The number of halogens is 1. The lowest BCUT2D eigenvalue weighted by molar-refractivity contribution is 0.402. The van der Waals surface area contributed by atoms with Crippen molar-refractivity contribution in [1.29, 1.82) is 0 Å². The summed E-state index contributed by atoms with van der Waals surface area (Å²) in [7, 11) is -2.17. The first-order valence-corrected chi connectivity index (χ1v) is 10.1. The molecule has 128 valence electrons. The highest BCUT2D eigenvalue weighted by Gasteiger charge is 2.33. The van der Waals surface area contributed by atoms with Crippen molar-refractivity contribution < 1.29 is 13.2 Å². The minimum Gasteiger partial charge on any atom is -0.495 e. The second-order valence-electron chi connectivity index (χ2n) is 6.17. The first kappa shape index (κ1) is 17.3. The first-order chi connectivity index (χ1) is 11.3. The number of ether oxygens (including phenoxy) is 1. The van der Waals surface area contributed by atoms with Gasteiger partial charge in [-0.3, -0.25) is 4.31 Å². The Hall–Kier alpha value is -1.53. The van der Waals surface area contributed by atoms with Crippen LogP contribution in [0.25, 0.3) is 0 Å². The fourth-order valence-electron chi connectivity index (χ4n) is 2.96. The molecule has 4 nitrogen and oxygen atoms in total. The Bertz CT molecular complexity index is 878. The summed E-state index contributed by atoms with van der Waals surface area (Å²) in [6, 6.07) is 11.1. The van der Waals surface area contributed by atoms with Gasteiger partial charge < -0.3 is 4.74 Å². The van der Waals surface area contributed by atoms with Crippen molar-refractivity contribution in [3.8, 4) is 5.75 Å². The van der Waals surface area contributed by atoms with Crippen molar-refractivity contribution >= 4 is 31.6 Å². The molecule has 1 aliphatic heterocycles. The third-order valence-corrected chi connectivity index (χ3v) is 6.64. The number of sulfonamides is 1. The minimum atomic E-state index is -3.67. The Labute approximate surface area is 151 Å². The van der Waals surface area contributed by atoms with Crippen molar-refractivity contribution in [2.75, 3.05) is 18.0 Å². The molecule has 0 atom stereocenters. The van der Waals surface area contributed by atoms with E-state index in [0.717, 1.165) is 21.3 Å². The number of methoxy groups -OCH3 is 1. The summed E-state index contributed by atoms with van der Waals surface area (Å²) >= 11 is 3.44. The molecular weight excluding hydrogens is 390 g/mol. The van der Waals surface area contributed by atoms with Gasteiger partial charge in [0.1, 0.15) is 10.6 Å². The second kappa shape index (κ2) is 6.41. The molecular formula is C18H20BrNO3S. The van der Waals surface area contributed by atoms with Crippen LogP contribution in [0.3, 0.4) is 0 Å². The van der Waals surface area contributed by atoms with Crippen molar-refractivity contribution in [3.05, 3.63) is 52.0 Å². The Morgan fingerprint density at radius 2 is 1.92 bits per heavy atom. The quantitative estimate of drug-likeness (QED) is 0.754. The van der Waals surface area contributed by atoms with Crippen LogP contribution >= 0.6 is 15.9 Å². The lowest BCUT2D eigenvalue weighted by Gasteiger charge is -2.22. The third-order valence-electron chi connectivity index (χ3n) is 4.32. The molecule has 24 heavy (non-hydrogen) atoms. The molecule has 0 N–H and O–H groups in total. The Balaban J connectivity index is 2.11. The largest absolute Gasteiger partial charge is 0.495 e. The number of rotatable bonds is 4. The molecule has 0 unspecified atom stereocenters. The van der Waals surface area contributed by atoms with Gasteiger partial charge in [0.25, 0.3) is 10.0 Å². The molecule has 0 fully saturated rings. The van der Waals surface area contributed by atoms with Crippen molar-refractivity contribution in [2.45, 2.75) is 31.1 Å². The third kappa shape index (κ3) is 2.93. The average Bonchev–Trinajstić information content (AvgIpc) is 2.97. The summed E-state index contributed by atoms with van der Waals surface area (Å²) in [5, 5.41) is 0. The fraction of sp³-hybridized carbons (Fsp3) is 0.333. The highest BCUT2D eigenvalue weighted by Crippen LogP contribution is 2.37. The highest BCUT2D eigenvalue weighted by molar-refractivity contribution is 9.10. The van der Waals surface area contributed by atoms with Gasteiger partial charge in [0.15, 0.2) is 0 Å². The molecule has 0 radical (unpaired) electrons. The molecule has 0 spiro atoms. The molecule has 0 bridgehead atoms. The summed E-state index contributed by atoms with van der Waals surface area (Å²) in [5.74, 6) is 0.622. The van der Waals surface area contributed by atoms with Crippen LogP contribution in [0.2, 0.25) is 0 Å². The van der Waals surface area contributed by atoms with E-state index in [9.17, 15) is 8.42 Å². The SMILES string of the molecule is COc1ccc(C(C)C)cc1S(=O)(=O)N1CCc2cc(Br)ccc21. The van der Waals surface area contributed by atoms with Crippen LogP contribution in [-0.4, -0.2) is 22.1 Å². The number of fused-ring (bicyclic) bond motifs is 1. The van der Waals surface area contributed by atoms with Gasteiger partial charge in [-0.05, 0) is 53.8 Å². The monoisotopic (exact) mass is 409 g/mol. The zero-order valence-electron chi connectivity index (χ0n) is 13.9. The molecule has 2 aromatic rings. The Morgan fingerprint density at radius 3 is 2.58 bits per heavy atom. The van der Waals surface area contributed by atoms with Gasteiger partial charge in [0, 0.05) is 11.0 Å². The first-order valence-electron chi connectivity index (χ1n) is 7.83. The van der Waals surface area contributed by atoms with Crippen molar-refractivity contribution in [1.82, 2.24) is 0 Å². The summed E-state index contributed by atoms with van der Waals surface area (Å²) in [6.07, 6.45) is 0.709. The second-order valence-corrected chi connectivity index (χ2v) is 8.91. The van der Waals surface area contributed by atoms with Crippen LogP contribution < -0.4 is 9.04 Å². The van der Waals surface area contributed by atoms with Crippen LogP contribution in [0.1, 0.15) is 30.9 Å². The zero-order valence-corrected chi connectivity index (χ0v) is 16.3. The molecule has 1 aliphatic rings. The standard InChI is InChI=1S/C18H20BrNO3S/c1-12(2)13-4-7-17(23-3)18(11-13)24(21,22)20-9-8-14-10-15(19)5-6-16(14)20/h4-7,10-12H,8-9H2,1-3H3. The normalized spacial score (nSPS) is 14.1. The molecule has 0 saturated carbocycles. The fourth-order valence-corrected chi connectivity index (χ4v) is 5.07. The minimum absolute atomic E-state index is 0.229. The van der Waals surface area contributed by atoms with Crippen molar-refractivity contribution in [2.24, 2.45) is 0 Å². The molecule has 0 aromatic heterocycles. The molecule has 3 rings (SSSR count). The Morgan fingerprint density at radius 1 is 1.17 bits per heavy atom.